The number of rotatable bonds is 3. The summed E-state index contributed by atoms with van der Waals surface area (Å²) in [4.78, 5) is 1.97. The average molecular weight is 233 g/mol. The molecule has 1 rings (SSSR count). The molecule has 0 spiro atoms. The largest absolute Gasteiger partial charge is 0.175 e. The minimum absolute atomic E-state index is 0.487. The Hall–Kier alpha value is -0.450. The van der Waals surface area contributed by atoms with E-state index in [1.165, 1.54) is 4.80 Å². The molecular formula is C7H13BrN4. The van der Waals surface area contributed by atoms with E-state index in [9.17, 15) is 0 Å². The Kier molecular flexibility index (Phi) is 3.20. The maximum absolute atomic E-state index is 4.11. The lowest BCUT2D eigenvalue weighted by Crippen LogP contribution is -2.10. The van der Waals surface area contributed by atoms with Crippen LogP contribution in [0.25, 0.3) is 0 Å². The Labute approximate surface area is 80.5 Å². The molecule has 0 aliphatic rings. The summed E-state index contributed by atoms with van der Waals surface area (Å²) in [6, 6.07) is 0. The molecule has 0 saturated carbocycles. The molecule has 0 aliphatic heterocycles. The highest BCUT2D eigenvalue weighted by Gasteiger charge is 2.12. The van der Waals surface area contributed by atoms with E-state index in [0.29, 0.717) is 10.7 Å². The Balaban J connectivity index is 2.52. The zero-order valence-electron chi connectivity index (χ0n) is 7.53. The van der Waals surface area contributed by atoms with E-state index in [2.05, 4.69) is 45.2 Å². The quantitative estimate of drug-likeness (QED) is 0.736. The van der Waals surface area contributed by atoms with Gasteiger partial charge in [0.2, 0.25) is 0 Å². The van der Waals surface area contributed by atoms with Gasteiger partial charge in [-0.25, -0.2) is 0 Å². The van der Waals surface area contributed by atoms with Crippen LogP contribution in [0.1, 0.15) is 19.7 Å². The van der Waals surface area contributed by atoms with Gasteiger partial charge >= 0.3 is 0 Å². The second-order valence-corrected chi connectivity index (χ2v) is 4.50. The van der Waals surface area contributed by atoms with Crippen molar-refractivity contribution >= 4 is 15.9 Å². The second-order valence-electron chi connectivity index (χ2n) is 3.05. The molecule has 2 unspecified atom stereocenters. The highest BCUT2D eigenvalue weighted by atomic mass is 79.9. The zero-order valence-corrected chi connectivity index (χ0v) is 9.11. The van der Waals surface area contributed by atoms with Crippen molar-refractivity contribution in [1.82, 2.24) is 20.2 Å². The van der Waals surface area contributed by atoms with Crippen LogP contribution in [0.3, 0.4) is 0 Å². The Bertz CT molecular complexity index is 245. The molecule has 4 nitrogen and oxygen atoms in total. The van der Waals surface area contributed by atoms with Crippen LogP contribution in [-0.2, 0) is 13.5 Å². The minimum Gasteiger partial charge on any atom is -0.167 e. The first-order valence-electron chi connectivity index (χ1n) is 3.96. The lowest BCUT2D eigenvalue weighted by atomic mass is 10.1. The molecule has 0 N–H and O–H groups in total. The van der Waals surface area contributed by atoms with Crippen molar-refractivity contribution in [1.29, 1.82) is 0 Å². The van der Waals surface area contributed by atoms with Gasteiger partial charge in [0, 0.05) is 11.2 Å². The van der Waals surface area contributed by atoms with Crippen LogP contribution in [0.15, 0.2) is 0 Å². The van der Waals surface area contributed by atoms with Crippen molar-refractivity contribution in [3.05, 3.63) is 5.82 Å². The number of aromatic nitrogens is 4. The Morgan fingerprint density at radius 2 is 2.17 bits per heavy atom. The Morgan fingerprint density at radius 3 is 2.58 bits per heavy atom. The zero-order chi connectivity index (χ0) is 9.14. The molecule has 2 atom stereocenters. The summed E-state index contributed by atoms with van der Waals surface area (Å²) >= 11 is 3.52. The van der Waals surface area contributed by atoms with Crippen LogP contribution in [0.2, 0.25) is 0 Å². The van der Waals surface area contributed by atoms with Gasteiger partial charge < -0.3 is 0 Å². The third kappa shape index (κ3) is 2.55. The number of halogens is 1. The number of hydrogen-bond acceptors (Lipinski definition) is 3. The second kappa shape index (κ2) is 3.98. The van der Waals surface area contributed by atoms with Crippen LogP contribution in [0.5, 0.6) is 0 Å². The van der Waals surface area contributed by atoms with Gasteiger partial charge in [-0.3, -0.25) is 0 Å². The highest BCUT2D eigenvalue weighted by molar-refractivity contribution is 9.09. The molecule has 12 heavy (non-hydrogen) atoms. The van der Waals surface area contributed by atoms with E-state index in [0.717, 1.165) is 12.2 Å². The summed E-state index contributed by atoms with van der Waals surface area (Å²) in [6.07, 6.45) is 0.875. The van der Waals surface area contributed by atoms with Crippen molar-refractivity contribution < 1.29 is 0 Å². The van der Waals surface area contributed by atoms with E-state index >= 15 is 0 Å². The van der Waals surface area contributed by atoms with E-state index in [1.54, 1.807) is 7.05 Å². The lowest BCUT2D eigenvalue weighted by Gasteiger charge is -2.10. The van der Waals surface area contributed by atoms with Crippen LogP contribution >= 0.6 is 15.9 Å². The van der Waals surface area contributed by atoms with Gasteiger partial charge in [-0.2, -0.15) is 4.80 Å². The monoisotopic (exact) mass is 232 g/mol. The standard InChI is InChI=1S/C7H13BrN4/c1-5(6(2)8)4-7-9-11-12(3)10-7/h5-6H,4H2,1-3H3. The van der Waals surface area contributed by atoms with Gasteiger partial charge in [0.1, 0.15) is 0 Å². The number of nitrogens with zero attached hydrogens (tertiary/aromatic N) is 4. The van der Waals surface area contributed by atoms with Gasteiger partial charge in [-0.1, -0.05) is 29.8 Å². The van der Waals surface area contributed by atoms with Crippen molar-refractivity contribution in [3.63, 3.8) is 0 Å². The molecule has 1 aromatic rings. The third-order valence-electron chi connectivity index (χ3n) is 1.84. The van der Waals surface area contributed by atoms with E-state index in [1.807, 2.05) is 0 Å². The van der Waals surface area contributed by atoms with Crippen LogP contribution in [-0.4, -0.2) is 25.0 Å². The molecule has 5 heteroatoms. The molecule has 0 radical (unpaired) electrons. The number of aryl methyl sites for hydroxylation is 1. The molecule has 0 bridgehead atoms. The normalized spacial score (nSPS) is 16.0. The third-order valence-corrected chi connectivity index (χ3v) is 2.74. The first-order chi connectivity index (χ1) is 5.59. The predicted octanol–water partition coefficient (Wildman–Crippen LogP) is 1.17. The first kappa shape index (κ1) is 9.64. The van der Waals surface area contributed by atoms with Crippen molar-refractivity contribution in [2.24, 2.45) is 13.0 Å². The molecule has 1 aromatic heterocycles. The number of hydrogen-bond donors (Lipinski definition) is 0. The van der Waals surface area contributed by atoms with Gasteiger partial charge in [-0.15, -0.1) is 10.2 Å². The van der Waals surface area contributed by atoms with Crippen LogP contribution in [0, 0.1) is 5.92 Å². The van der Waals surface area contributed by atoms with E-state index in [4.69, 9.17) is 0 Å². The number of tetrazole rings is 1. The van der Waals surface area contributed by atoms with Gasteiger partial charge in [0.25, 0.3) is 0 Å². The summed E-state index contributed by atoms with van der Waals surface area (Å²) in [6.45, 7) is 4.29. The minimum atomic E-state index is 0.487. The molecular weight excluding hydrogens is 220 g/mol. The van der Waals surface area contributed by atoms with Crippen LogP contribution < -0.4 is 0 Å². The summed E-state index contributed by atoms with van der Waals surface area (Å²) in [5, 5.41) is 11.8. The summed E-state index contributed by atoms with van der Waals surface area (Å²) in [5.41, 5.74) is 0. The van der Waals surface area contributed by atoms with Gasteiger partial charge in [-0.05, 0) is 11.1 Å². The fraction of sp³-hybridized carbons (Fsp3) is 0.857. The average Bonchev–Trinajstić information content (AvgIpc) is 2.35. The molecule has 0 aromatic carbocycles. The maximum atomic E-state index is 4.11. The highest BCUT2D eigenvalue weighted by Crippen LogP contribution is 2.14. The summed E-state index contributed by atoms with van der Waals surface area (Å²) in [5.74, 6) is 1.35. The maximum Gasteiger partial charge on any atom is 0.175 e. The molecule has 0 amide bonds. The smallest absolute Gasteiger partial charge is 0.167 e. The Morgan fingerprint density at radius 1 is 1.50 bits per heavy atom. The molecule has 0 aliphatic carbocycles. The van der Waals surface area contributed by atoms with Crippen molar-refractivity contribution in [3.8, 4) is 0 Å². The topological polar surface area (TPSA) is 43.6 Å². The molecule has 68 valence electrons. The van der Waals surface area contributed by atoms with Crippen molar-refractivity contribution in [2.45, 2.75) is 25.1 Å². The predicted molar refractivity (Wildman–Crippen MR) is 50.1 cm³/mol. The number of alkyl halides is 1. The van der Waals surface area contributed by atoms with Gasteiger partial charge in [0.15, 0.2) is 5.82 Å². The fourth-order valence-electron chi connectivity index (χ4n) is 0.855. The molecule has 0 saturated heterocycles. The SMILES string of the molecule is CC(Br)C(C)Cc1nnn(C)n1. The van der Waals surface area contributed by atoms with E-state index < -0.39 is 0 Å². The summed E-state index contributed by atoms with van der Waals surface area (Å²) in [7, 11) is 1.78. The fourth-order valence-corrected chi connectivity index (χ4v) is 1.04. The van der Waals surface area contributed by atoms with E-state index in [-0.39, 0.29) is 0 Å². The first-order valence-corrected chi connectivity index (χ1v) is 4.88. The lowest BCUT2D eigenvalue weighted by molar-refractivity contribution is 0.558. The molecule has 0 fully saturated rings. The summed E-state index contributed by atoms with van der Waals surface area (Å²) < 4.78 is 0. The molecule has 1 heterocycles. The van der Waals surface area contributed by atoms with Gasteiger partial charge in [0.05, 0.1) is 7.05 Å². The van der Waals surface area contributed by atoms with Crippen molar-refractivity contribution in [2.75, 3.05) is 0 Å². The van der Waals surface area contributed by atoms with Crippen LogP contribution in [0.4, 0.5) is 0 Å².